The molecule has 0 N–H and O–H groups in total. The van der Waals surface area contributed by atoms with Crippen molar-refractivity contribution in [3.63, 3.8) is 0 Å². The molecule has 3 heteroatoms. The van der Waals surface area contributed by atoms with E-state index in [1.165, 1.54) is 0 Å². The van der Waals surface area contributed by atoms with Crippen molar-refractivity contribution in [3.8, 4) is 0 Å². The van der Waals surface area contributed by atoms with E-state index >= 15 is 0 Å². The van der Waals surface area contributed by atoms with E-state index in [1.807, 2.05) is 65.6 Å². The molecule has 0 heterocycles. The Bertz CT molecular complexity index is 556. The number of halogens is 1. The second-order valence-electron chi connectivity index (χ2n) is 6.17. The van der Waals surface area contributed by atoms with Crippen molar-refractivity contribution >= 4 is 5.78 Å². The molecular formula is C20H24FNO. The molecule has 0 aliphatic carbocycles. The molecule has 0 amide bonds. The number of alkyl halides is 1. The van der Waals surface area contributed by atoms with E-state index < -0.39 is 6.17 Å². The van der Waals surface area contributed by atoms with Gasteiger partial charge in [-0.05, 0) is 11.1 Å². The van der Waals surface area contributed by atoms with Crippen LogP contribution in [-0.2, 0) is 17.9 Å². The van der Waals surface area contributed by atoms with Gasteiger partial charge in [0, 0.05) is 25.6 Å². The van der Waals surface area contributed by atoms with Gasteiger partial charge in [-0.1, -0.05) is 74.5 Å². The highest BCUT2D eigenvalue weighted by Gasteiger charge is 2.23. The Morgan fingerprint density at radius 2 is 1.35 bits per heavy atom. The maximum absolute atomic E-state index is 14.3. The van der Waals surface area contributed by atoms with Crippen molar-refractivity contribution in [2.24, 2.45) is 5.92 Å². The molecule has 0 saturated heterocycles. The van der Waals surface area contributed by atoms with Crippen molar-refractivity contribution in [2.75, 3.05) is 6.54 Å². The second kappa shape index (κ2) is 8.59. The molecule has 2 rings (SSSR count). The van der Waals surface area contributed by atoms with Crippen LogP contribution in [0.3, 0.4) is 0 Å². The van der Waals surface area contributed by atoms with Crippen molar-refractivity contribution in [1.82, 2.24) is 4.90 Å². The number of hydrogen-bond donors (Lipinski definition) is 0. The maximum Gasteiger partial charge on any atom is 0.171 e. The van der Waals surface area contributed by atoms with Crippen LogP contribution in [0.15, 0.2) is 60.7 Å². The topological polar surface area (TPSA) is 20.3 Å². The average Bonchev–Trinajstić information content (AvgIpc) is 2.55. The third-order valence-electron chi connectivity index (χ3n) is 3.79. The van der Waals surface area contributed by atoms with Crippen LogP contribution < -0.4 is 0 Å². The quantitative estimate of drug-likeness (QED) is 0.726. The molecular weight excluding hydrogens is 289 g/mol. The molecule has 0 radical (unpaired) electrons. The largest absolute Gasteiger partial charge is 0.296 e. The first-order valence-corrected chi connectivity index (χ1v) is 8.04. The zero-order valence-electron chi connectivity index (χ0n) is 13.8. The number of rotatable bonds is 8. The van der Waals surface area contributed by atoms with Crippen LogP contribution >= 0.6 is 0 Å². The predicted octanol–water partition coefficient (Wildman–Crippen LogP) is 4.25. The van der Waals surface area contributed by atoms with Crippen LogP contribution in [0.4, 0.5) is 4.39 Å². The summed E-state index contributed by atoms with van der Waals surface area (Å²) in [6.07, 6.45) is -1.44. The molecule has 2 aromatic rings. The first kappa shape index (κ1) is 17.4. The van der Waals surface area contributed by atoms with Crippen LogP contribution in [0.2, 0.25) is 0 Å². The molecule has 0 spiro atoms. The minimum atomic E-state index is -1.44. The van der Waals surface area contributed by atoms with Crippen molar-refractivity contribution in [1.29, 1.82) is 0 Å². The Morgan fingerprint density at radius 3 is 1.74 bits per heavy atom. The SMILES string of the molecule is CC(C)C(=O)[C@H](F)CN(Cc1ccccc1)Cc1ccccc1. The minimum absolute atomic E-state index is 0.126. The van der Waals surface area contributed by atoms with E-state index in [1.54, 1.807) is 13.8 Å². The molecule has 0 bridgehead atoms. The third kappa shape index (κ3) is 5.61. The van der Waals surface area contributed by atoms with Gasteiger partial charge in [0.25, 0.3) is 0 Å². The number of hydrogen-bond acceptors (Lipinski definition) is 2. The van der Waals surface area contributed by atoms with Crippen molar-refractivity contribution in [3.05, 3.63) is 71.8 Å². The molecule has 2 nitrogen and oxygen atoms in total. The summed E-state index contributed by atoms with van der Waals surface area (Å²) in [6, 6.07) is 19.9. The Balaban J connectivity index is 2.09. The predicted molar refractivity (Wildman–Crippen MR) is 91.7 cm³/mol. The molecule has 0 unspecified atom stereocenters. The monoisotopic (exact) mass is 313 g/mol. The highest BCUT2D eigenvalue weighted by Crippen LogP contribution is 2.13. The fraction of sp³-hybridized carbons (Fsp3) is 0.350. The van der Waals surface area contributed by atoms with Gasteiger partial charge in [-0.15, -0.1) is 0 Å². The lowest BCUT2D eigenvalue weighted by Crippen LogP contribution is -2.35. The van der Waals surface area contributed by atoms with Gasteiger partial charge in [-0.2, -0.15) is 0 Å². The summed E-state index contributed by atoms with van der Waals surface area (Å²) in [4.78, 5) is 13.9. The zero-order chi connectivity index (χ0) is 16.7. The molecule has 0 aliphatic rings. The van der Waals surface area contributed by atoms with E-state index in [4.69, 9.17) is 0 Å². The van der Waals surface area contributed by atoms with Gasteiger partial charge in [0.2, 0.25) is 0 Å². The molecule has 0 aromatic heterocycles. The number of nitrogens with zero attached hydrogens (tertiary/aromatic N) is 1. The van der Waals surface area contributed by atoms with Gasteiger partial charge in [-0.3, -0.25) is 9.69 Å². The molecule has 2 aromatic carbocycles. The van der Waals surface area contributed by atoms with Gasteiger partial charge in [0.1, 0.15) is 0 Å². The standard InChI is InChI=1S/C20H24FNO/c1-16(2)20(23)19(21)15-22(13-17-9-5-3-6-10-17)14-18-11-7-4-8-12-18/h3-12,16,19H,13-15H2,1-2H3/t19-/m1/s1. The van der Waals surface area contributed by atoms with E-state index in [0.29, 0.717) is 13.1 Å². The minimum Gasteiger partial charge on any atom is -0.296 e. The van der Waals surface area contributed by atoms with Gasteiger partial charge in [0.15, 0.2) is 12.0 Å². The summed E-state index contributed by atoms with van der Waals surface area (Å²) < 4.78 is 14.3. The zero-order valence-corrected chi connectivity index (χ0v) is 13.8. The first-order chi connectivity index (χ1) is 11.1. The van der Waals surface area contributed by atoms with Crippen LogP contribution in [0.5, 0.6) is 0 Å². The summed E-state index contributed by atoms with van der Waals surface area (Å²) in [5.74, 6) is -0.601. The van der Waals surface area contributed by atoms with E-state index in [2.05, 4.69) is 0 Å². The molecule has 0 aliphatic heterocycles. The normalized spacial score (nSPS) is 12.6. The van der Waals surface area contributed by atoms with Gasteiger partial charge < -0.3 is 0 Å². The maximum atomic E-state index is 14.3. The third-order valence-corrected chi connectivity index (χ3v) is 3.79. The fourth-order valence-corrected chi connectivity index (χ4v) is 2.55. The van der Waals surface area contributed by atoms with Gasteiger partial charge in [-0.25, -0.2) is 4.39 Å². The lowest BCUT2D eigenvalue weighted by Gasteiger charge is -2.24. The van der Waals surface area contributed by atoms with Crippen LogP contribution in [0.1, 0.15) is 25.0 Å². The Labute approximate surface area is 137 Å². The summed E-state index contributed by atoms with van der Waals surface area (Å²) >= 11 is 0. The van der Waals surface area contributed by atoms with E-state index in [9.17, 15) is 9.18 Å². The van der Waals surface area contributed by atoms with Crippen molar-refractivity contribution in [2.45, 2.75) is 33.1 Å². The Morgan fingerprint density at radius 1 is 0.913 bits per heavy atom. The Kier molecular flexibility index (Phi) is 6.48. The fourth-order valence-electron chi connectivity index (χ4n) is 2.55. The van der Waals surface area contributed by atoms with Gasteiger partial charge >= 0.3 is 0 Å². The molecule has 0 fully saturated rings. The van der Waals surface area contributed by atoms with E-state index in [0.717, 1.165) is 11.1 Å². The molecule has 122 valence electrons. The number of ketones is 1. The molecule has 1 atom stereocenters. The van der Waals surface area contributed by atoms with Crippen LogP contribution in [0, 0.1) is 5.92 Å². The van der Waals surface area contributed by atoms with Crippen LogP contribution in [0.25, 0.3) is 0 Å². The molecule has 23 heavy (non-hydrogen) atoms. The summed E-state index contributed by atoms with van der Waals surface area (Å²) in [5.41, 5.74) is 2.24. The lowest BCUT2D eigenvalue weighted by atomic mass is 10.0. The van der Waals surface area contributed by atoms with Gasteiger partial charge in [0.05, 0.1) is 0 Å². The highest BCUT2D eigenvalue weighted by atomic mass is 19.1. The molecule has 0 saturated carbocycles. The lowest BCUT2D eigenvalue weighted by molar-refractivity contribution is -0.127. The number of carbonyl (C=O) groups is 1. The van der Waals surface area contributed by atoms with Crippen LogP contribution in [-0.4, -0.2) is 23.4 Å². The smallest absolute Gasteiger partial charge is 0.171 e. The Hall–Kier alpha value is -2.00. The number of Topliss-reactive ketones (excluding diaryl/α,β-unsaturated/α-hetero) is 1. The summed E-state index contributed by atoms with van der Waals surface area (Å²) in [5, 5.41) is 0. The van der Waals surface area contributed by atoms with E-state index in [-0.39, 0.29) is 18.2 Å². The first-order valence-electron chi connectivity index (χ1n) is 8.04. The second-order valence-corrected chi connectivity index (χ2v) is 6.17. The number of carbonyl (C=O) groups excluding carboxylic acids is 1. The number of benzene rings is 2. The summed E-state index contributed by atoms with van der Waals surface area (Å²) in [6.45, 7) is 4.87. The van der Waals surface area contributed by atoms with Crippen molar-refractivity contribution < 1.29 is 9.18 Å². The average molecular weight is 313 g/mol. The highest BCUT2D eigenvalue weighted by molar-refractivity contribution is 5.84. The summed E-state index contributed by atoms with van der Waals surface area (Å²) in [7, 11) is 0.